The molecule has 2 heterocycles. The molecule has 1 aliphatic heterocycles. The van der Waals surface area contributed by atoms with Crippen LogP contribution >= 0.6 is 43.2 Å². The van der Waals surface area contributed by atoms with E-state index >= 15 is 0 Å². The number of hydrogen-bond acceptors (Lipinski definition) is 6. The lowest BCUT2D eigenvalue weighted by Gasteiger charge is -2.25. The van der Waals surface area contributed by atoms with Crippen molar-refractivity contribution in [2.45, 2.75) is 19.6 Å². The summed E-state index contributed by atoms with van der Waals surface area (Å²) in [6.07, 6.45) is 1.78. The first-order valence-corrected chi connectivity index (χ1v) is 16.4. The van der Waals surface area contributed by atoms with Gasteiger partial charge in [-0.25, -0.2) is 14.2 Å². The van der Waals surface area contributed by atoms with Crippen LogP contribution in [0.5, 0.6) is 5.75 Å². The Morgan fingerprint density at radius 1 is 0.978 bits per heavy atom. The van der Waals surface area contributed by atoms with Crippen molar-refractivity contribution < 1.29 is 18.7 Å². The Morgan fingerprint density at radius 2 is 1.62 bits per heavy atom. The van der Waals surface area contributed by atoms with Gasteiger partial charge in [-0.15, -0.1) is 0 Å². The monoisotopic (exact) mass is 746 g/mol. The van der Waals surface area contributed by atoms with Crippen molar-refractivity contribution in [1.82, 2.24) is 4.57 Å². The Hall–Kier alpha value is -4.12. The Kier molecular flexibility index (Phi) is 9.25. The zero-order valence-electron chi connectivity index (χ0n) is 23.9. The van der Waals surface area contributed by atoms with Crippen molar-refractivity contribution in [2.24, 2.45) is 4.99 Å². The lowest BCUT2D eigenvalue weighted by molar-refractivity contribution is -0.138. The van der Waals surface area contributed by atoms with Crippen LogP contribution in [-0.4, -0.2) is 17.1 Å². The maximum absolute atomic E-state index is 14.1. The van der Waals surface area contributed by atoms with E-state index in [1.165, 1.54) is 28.0 Å². The van der Waals surface area contributed by atoms with Gasteiger partial charge in [0.2, 0.25) is 0 Å². The van der Waals surface area contributed by atoms with Crippen LogP contribution in [0.1, 0.15) is 35.2 Å². The highest BCUT2D eigenvalue weighted by Gasteiger charge is 2.35. The predicted molar refractivity (Wildman–Crippen MR) is 180 cm³/mol. The molecular weight excluding hydrogens is 723 g/mol. The van der Waals surface area contributed by atoms with Gasteiger partial charge >= 0.3 is 5.97 Å². The molecule has 10 heteroatoms. The summed E-state index contributed by atoms with van der Waals surface area (Å²) in [6.45, 7) is 2.25. The molecule has 0 saturated carbocycles. The number of fused-ring (bicyclic) bond motifs is 1. The fourth-order valence-corrected chi connectivity index (χ4v) is 7.53. The van der Waals surface area contributed by atoms with E-state index in [0.29, 0.717) is 47.5 Å². The normalized spacial score (nSPS) is 14.6. The molecule has 6 nitrogen and oxygen atoms in total. The molecule has 0 N–H and O–H groups in total. The van der Waals surface area contributed by atoms with Crippen LogP contribution in [0, 0.1) is 5.82 Å². The molecule has 45 heavy (non-hydrogen) atoms. The lowest BCUT2D eigenvalue weighted by atomic mass is 9.93. The van der Waals surface area contributed by atoms with E-state index in [1.54, 1.807) is 25.1 Å². The summed E-state index contributed by atoms with van der Waals surface area (Å²) in [6, 6.07) is 27.8. The molecule has 0 radical (unpaired) electrons. The number of thiazole rings is 1. The third-order valence-electron chi connectivity index (χ3n) is 7.10. The minimum absolute atomic E-state index is 0.139. The highest BCUT2D eigenvalue weighted by Crippen LogP contribution is 2.37. The second kappa shape index (κ2) is 13.5. The predicted octanol–water partition coefficient (Wildman–Crippen LogP) is 7.18. The average Bonchev–Trinajstić information content (AvgIpc) is 3.35. The highest BCUT2D eigenvalue weighted by atomic mass is 79.9. The summed E-state index contributed by atoms with van der Waals surface area (Å²) in [7, 11) is 0. The van der Waals surface area contributed by atoms with Crippen molar-refractivity contribution >= 4 is 60.9 Å². The van der Waals surface area contributed by atoms with Gasteiger partial charge in [0, 0.05) is 5.56 Å². The van der Waals surface area contributed by atoms with E-state index in [4.69, 9.17) is 14.5 Å². The van der Waals surface area contributed by atoms with E-state index in [0.717, 1.165) is 11.1 Å². The Balaban J connectivity index is 1.49. The number of esters is 1. The van der Waals surface area contributed by atoms with Crippen molar-refractivity contribution in [1.29, 1.82) is 0 Å². The summed E-state index contributed by atoms with van der Waals surface area (Å²) in [4.78, 5) is 32.9. The second-order valence-electron chi connectivity index (χ2n) is 10.1. The van der Waals surface area contributed by atoms with Gasteiger partial charge in [0.25, 0.3) is 5.56 Å². The highest BCUT2D eigenvalue weighted by molar-refractivity contribution is 9.11. The first-order chi connectivity index (χ1) is 21.8. The lowest BCUT2D eigenvalue weighted by Crippen LogP contribution is -2.40. The standard InChI is InChI=1S/C35H25Br2FN2O4S/c1-2-43-34(42)29-30(23-11-7-4-8-12-23)39-35-40(31(29)24-13-15-25(38)16-14-24)33(41)28(45-35)19-22-17-26(36)32(27(37)18-22)44-20-21-9-5-3-6-10-21/h3-19,31H,2,20H2,1H3/b28-19-/t31-/m0/s1. The summed E-state index contributed by atoms with van der Waals surface area (Å²) in [5.41, 5.74) is 3.32. The number of rotatable bonds is 8. The molecule has 0 spiro atoms. The Morgan fingerprint density at radius 3 is 2.27 bits per heavy atom. The van der Waals surface area contributed by atoms with Gasteiger partial charge in [0.05, 0.1) is 37.4 Å². The van der Waals surface area contributed by atoms with Gasteiger partial charge in [-0.3, -0.25) is 9.36 Å². The van der Waals surface area contributed by atoms with Gasteiger partial charge in [0.15, 0.2) is 4.80 Å². The van der Waals surface area contributed by atoms with Crippen molar-refractivity contribution in [3.05, 3.63) is 159 Å². The van der Waals surface area contributed by atoms with Crippen molar-refractivity contribution in [2.75, 3.05) is 6.61 Å². The minimum atomic E-state index is -0.884. The number of aromatic nitrogens is 1. The minimum Gasteiger partial charge on any atom is -0.487 e. The summed E-state index contributed by atoms with van der Waals surface area (Å²) in [5, 5.41) is 0. The summed E-state index contributed by atoms with van der Waals surface area (Å²) >= 11 is 8.45. The molecule has 0 fully saturated rings. The smallest absolute Gasteiger partial charge is 0.338 e. The topological polar surface area (TPSA) is 69.9 Å². The fraction of sp³-hybridized carbons (Fsp3) is 0.114. The molecule has 226 valence electrons. The van der Waals surface area contributed by atoms with E-state index < -0.39 is 17.8 Å². The Bertz CT molecular complexity index is 2070. The average molecular weight is 748 g/mol. The molecule has 0 amide bonds. The molecule has 1 aromatic heterocycles. The zero-order valence-corrected chi connectivity index (χ0v) is 27.9. The number of benzene rings is 4. The van der Waals surface area contributed by atoms with Gasteiger partial charge in [-0.1, -0.05) is 84.1 Å². The Labute approximate surface area is 279 Å². The first kappa shape index (κ1) is 30.9. The van der Waals surface area contributed by atoms with Crippen LogP contribution < -0.4 is 19.6 Å². The quantitative estimate of drug-likeness (QED) is 0.158. The fourth-order valence-electron chi connectivity index (χ4n) is 5.08. The van der Waals surface area contributed by atoms with Crippen LogP contribution in [0.3, 0.4) is 0 Å². The molecule has 0 aliphatic carbocycles. The largest absolute Gasteiger partial charge is 0.487 e. The second-order valence-corrected chi connectivity index (χ2v) is 12.8. The van der Waals surface area contributed by atoms with Gasteiger partial charge in [-0.2, -0.15) is 0 Å². The maximum atomic E-state index is 14.1. The van der Waals surface area contributed by atoms with Gasteiger partial charge in [0.1, 0.15) is 18.2 Å². The van der Waals surface area contributed by atoms with Crippen molar-refractivity contribution in [3.63, 3.8) is 0 Å². The molecular formula is C35H25Br2FN2O4S. The van der Waals surface area contributed by atoms with Crippen LogP contribution in [0.25, 0.3) is 11.8 Å². The zero-order chi connectivity index (χ0) is 31.5. The van der Waals surface area contributed by atoms with Crippen LogP contribution in [0.15, 0.2) is 121 Å². The molecule has 0 unspecified atom stereocenters. The SMILES string of the molecule is CCOC(=O)C1=C(c2ccccc2)N=c2s/c(=C\c3cc(Br)c(OCc4ccccc4)c(Br)c3)c(=O)n2[C@H]1c1ccc(F)cc1. The molecule has 1 aliphatic rings. The summed E-state index contributed by atoms with van der Waals surface area (Å²) in [5.74, 6) is -0.383. The van der Waals surface area contributed by atoms with E-state index in [9.17, 15) is 14.0 Å². The number of halogens is 3. The molecule has 5 aromatic rings. The van der Waals surface area contributed by atoms with E-state index in [-0.39, 0.29) is 17.7 Å². The molecule has 0 bridgehead atoms. The number of carbonyl (C=O) groups excluding carboxylic acids is 1. The number of ether oxygens (including phenoxy) is 2. The van der Waals surface area contributed by atoms with E-state index in [1.807, 2.05) is 72.8 Å². The molecule has 1 atom stereocenters. The molecule has 4 aromatic carbocycles. The van der Waals surface area contributed by atoms with Gasteiger partial charge < -0.3 is 9.47 Å². The van der Waals surface area contributed by atoms with E-state index in [2.05, 4.69) is 31.9 Å². The maximum Gasteiger partial charge on any atom is 0.338 e. The third-order valence-corrected chi connectivity index (χ3v) is 9.26. The van der Waals surface area contributed by atoms with Crippen LogP contribution in [-0.2, 0) is 16.1 Å². The molecule has 6 rings (SSSR count). The first-order valence-electron chi connectivity index (χ1n) is 14.0. The third kappa shape index (κ3) is 6.49. The molecule has 0 saturated heterocycles. The number of carbonyl (C=O) groups is 1. The number of nitrogens with zero attached hydrogens (tertiary/aromatic N) is 2. The van der Waals surface area contributed by atoms with Crippen LogP contribution in [0.4, 0.5) is 4.39 Å². The van der Waals surface area contributed by atoms with Gasteiger partial charge in [-0.05, 0) is 85.8 Å². The van der Waals surface area contributed by atoms with Crippen molar-refractivity contribution in [3.8, 4) is 5.75 Å². The number of hydrogen-bond donors (Lipinski definition) is 0. The van der Waals surface area contributed by atoms with Crippen LogP contribution in [0.2, 0.25) is 0 Å². The summed E-state index contributed by atoms with van der Waals surface area (Å²) < 4.78 is 28.9.